The summed E-state index contributed by atoms with van der Waals surface area (Å²) in [5.41, 5.74) is 1.65. The first-order chi connectivity index (χ1) is 12.1. The summed E-state index contributed by atoms with van der Waals surface area (Å²) in [7, 11) is 3.04. The summed E-state index contributed by atoms with van der Waals surface area (Å²) in [6.07, 6.45) is 3.51. The van der Waals surface area contributed by atoms with Crippen LogP contribution in [0.15, 0.2) is 6.20 Å². The smallest absolute Gasteiger partial charge is 0.324 e. The number of hydrogen-bond donors (Lipinski definition) is 0. The van der Waals surface area contributed by atoms with E-state index in [0.29, 0.717) is 11.8 Å². The van der Waals surface area contributed by atoms with Gasteiger partial charge in [-0.05, 0) is 13.8 Å². The number of aryl methyl sites for hydroxylation is 2. The van der Waals surface area contributed by atoms with E-state index < -0.39 is 0 Å². The Labute approximate surface area is 146 Å². The molecule has 0 bridgehead atoms. The summed E-state index contributed by atoms with van der Waals surface area (Å²) in [4.78, 5) is 23.4. The highest BCUT2D eigenvalue weighted by Gasteiger charge is 2.24. The van der Waals surface area contributed by atoms with Crippen LogP contribution in [0.3, 0.4) is 0 Å². The number of methoxy groups -OCH3 is 2. The van der Waals surface area contributed by atoms with Crippen LogP contribution in [0.1, 0.15) is 24.2 Å². The summed E-state index contributed by atoms with van der Waals surface area (Å²) in [6, 6.07) is 0.483. The average Bonchev–Trinajstić information content (AvgIpc) is 2.65. The molecule has 0 amide bonds. The number of rotatable bonds is 5. The Morgan fingerprint density at radius 1 is 0.960 bits per heavy atom. The third kappa shape index (κ3) is 4.04. The molecule has 0 spiro atoms. The van der Waals surface area contributed by atoms with E-state index in [1.54, 1.807) is 6.20 Å². The van der Waals surface area contributed by atoms with Gasteiger partial charge in [0, 0.05) is 32.1 Å². The number of piperidine rings is 1. The van der Waals surface area contributed by atoms with Crippen molar-refractivity contribution in [2.45, 2.75) is 32.8 Å². The Balaban J connectivity index is 1.65. The molecule has 0 aliphatic carbocycles. The van der Waals surface area contributed by atoms with Gasteiger partial charge in [0.25, 0.3) is 0 Å². The topological polar surface area (TPSA) is 95.4 Å². The standard InChI is InChI=1S/C16H22N6O3/c1-10-9-17-11(2)13(18-10)25-12-5-7-22(8-6-12)14-19-15(23-3)21-16(20-14)24-4/h9,12H,5-8H2,1-4H3. The molecule has 0 atom stereocenters. The Morgan fingerprint density at radius 3 is 2.20 bits per heavy atom. The van der Waals surface area contributed by atoms with Crippen molar-refractivity contribution < 1.29 is 14.2 Å². The van der Waals surface area contributed by atoms with Gasteiger partial charge >= 0.3 is 12.0 Å². The number of ether oxygens (including phenoxy) is 3. The van der Waals surface area contributed by atoms with Crippen molar-refractivity contribution in [3.05, 3.63) is 17.6 Å². The molecule has 0 saturated carbocycles. The lowest BCUT2D eigenvalue weighted by molar-refractivity contribution is 0.161. The molecule has 3 heterocycles. The largest absolute Gasteiger partial charge is 0.473 e. The predicted octanol–water partition coefficient (Wildman–Crippen LogP) is 1.34. The van der Waals surface area contributed by atoms with Crippen molar-refractivity contribution in [2.75, 3.05) is 32.2 Å². The number of nitrogens with zero attached hydrogens (tertiary/aromatic N) is 6. The van der Waals surface area contributed by atoms with Crippen molar-refractivity contribution in [2.24, 2.45) is 0 Å². The molecule has 3 rings (SSSR count). The summed E-state index contributed by atoms with van der Waals surface area (Å²) < 4.78 is 16.2. The second kappa shape index (κ2) is 7.45. The summed E-state index contributed by atoms with van der Waals surface area (Å²) in [5, 5.41) is 0. The number of anilines is 1. The van der Waals surface area contributed by atoms with Gasteiger partial charge in [-0.3, -0.25) is 4.98 Å². The molecule has 0 radical (unpaired) electrons. The van der Waals surface area contributed by atoms with Crippen LogP contribution in [-0.4, -0.2) is 58.3 Å². The van der Waals surface area contributed by atoms with Gasteiger partial charge in [-0.25, -0.2) is 4.98 Å². The maximum absolute atomic E-state index is 6.04. The van der Waals surface area contributed by atoms with E-state index in [1.807, 2.05) is 13.8 Å². The fourth-order valence-corrected chi connectivity index (χ4v) is 2.61. The highest BCUT2D eigenvalue weighted by atomic mass is 16.5. The summed E-state index contributed by atoms with van der Waals surface area (Å²) in [6.45, 7) is 5.34. The first-order valence-corrected chi connectivity index (χ1v) is 8.15. The van der Waals surface area contributed by atoms with Crippen LogP contribution in [0.25, 0.3) is 0 Å². The van der Waals surface area contributed by atoms with Crippen molar-refractivity contribution in [3.63, 3.8) is 0 Å². The van der Waals surface area contributed by atoms with E-state index in [-0.39, 0.29) is 18.1 Å². The summed E-state index contributed by atoms with van der Waals surface area (Å²) >= 11 is 0. The molecule has 1 aliphatic heterocycles. The molecular formula is C16H22N6O3. The molecule has 1 saturated heterocycles. The highest BCUT2D eigenvalue weighted by Crippen LogP contribution is 2.23. The van der Waals surface area contributed by atoms with E-state index in [4.69, 9.17) is 14.2 Å². The molecule has 0 unspecified atom stereocenters. The zero-order valence-electron chi connectivity index (χ0n) is 14.9. The molecule has 134 valence electrons. The Bertz CT molecular complexity index is 712. The van der Waals surface area contributed by atoms with Gasteiger partial charge in [0.1, 0.15) is 6.10 Å². The van der Waals surface area contributed by atoms with Crippen LogP contribution in [0.5, 0.6) is 17.9 Å². The third-order valence-corrected chi connectivity index (χ3v) is 3.98. The van der Waals surface area contributed by atoms with Gasteiger partial charge in [0.05, 0.1) is 25.6 Å². The third-order valence-electron chi connectivity index (χ3n) is 3.98. The quantitative estimate of drug-likeness (QED) is 0.794. The van der Waals surface area contributed by atoms with Crippen molar-refractivity contribution in [3.8, 4) is 17.9 Å². The van der Waals surface area contributed by atoms with Gasteiger partial charge in [-0.15, -0.1) is 4.98 Å². The monoisotopic (exact) mass is 346 g/mol. The maximum Gasteiger partial charge on any atom is 0.324 e. The minimum Gasteiger partial charge on any atom is -0.473 e. The van der Waals surface area contributed by atoms with Gasteiger partial charge in [-0.2, -0.15) is 9.97 Å². The van der Waals surface area contributed by atoms with E-state index in [2.05, 4.69) is 29.8 Å². The van der Waals surface area contributed by atoms with Crippen molar-refractivity contribution >= 4 is 5.95 Å². The zero-order chi connectivity index (χ0) is 17.8. The van der Waals surface area contributed by atoms with Crippen LogP contribution in [0.4, 0.5) is 5.95 Å². The van der Waals surface area contributed by atoms with Gasteiger partial charge in [0.15, 0.2) is 0 Å². The second-order valence-corrected chi connectivity index (χ2v) is 5.82. The molecule has 2 aromatic rings. The van der Waals surface area contributed by atoms with Gasteiger partial charge in [0.2, 0.25) is 11.8 Å². The molecule has 0 N–H and O–H groups in total. The van der Waals surface area contributed by atoms with Crippen LogP contribution >= 0.6 is 0 Å². The fourth-order valence-electron chi connectivity index (χ4n) is 2.61. The summed E-state index contributed by atoms with van der Waals surface area (Å²) in [5.74, 6) is 1.16. The zero-order valence-corrected chi connectivity index (χ0v) is 14.9. The van der Waals surface area contributed by atoms with E-state index in [0.717, 1.165) is 37.3 Å². The average molecular weight is 346 g/mol. The Kier molecular flexibility index (Phi) is 5.11. The minimum atomic E-state index is 0.0941. The SMILES string of the molecule is COc1nc(OC)nc(N2CCC(Oc3nc(C)cnc3C)CC2)n1. The lowest BCUT2D eigenvalue weighted by atomic mass is 10.1. The molecule has 25 heavy (non-hydrogen) atoms. The van der Waals surface area contributed by atoms with Crippen LogP contribution in [-0.2, 0) is 0 Å². The Hall–Kier alpha value is -2.71. The van der Waals surface area contributed by atoms with E-state index in [9.17, 15) is 0 Å². The fraction of sp³-hybridized carbons (Fsp3) is 0.562. The van der Waals surface area contributed by atoms with Gasteiger partial charge < -0.3 is 19.1 Å². The highest BCUT2D eigenvalue weighted by molar-refractivity contribution is 5.33. The van der Waals surface area contributed by atoms with Crippen molar-refractivity contribution in [1.29, 1.82) is 0 Å². The Morgan fingerprint density at radius 2 is 1.60 bits per heavy atom. The minimum absolute atomic E-state index is 0.0941. The first kappa shape index (κ1) is 17.1. The van der Waals surface area contributed by atoms with Crippen LogP contribution < -0.4 is 19.1 Å². The lowest BCUT2D eigenvalue weighted by Gasteiger charge is -2.32. The molecule has 0 aromatic carbocycles. The molecule has 1 fully saturated rings. The molecule has 2 aromatic heterocycles. The van der Waals surface area contributed by atoms with E-state index in [1.165, 1.54) is 14.2 Å². The van der Waals surface area contributed by atoms with Crippen LogP contribution in [0, 0.1) is 13.8 Å². The second-order valence-electron chi connectivity index (χ2n) is 5.82. The molecular weight excluding hydrogens is 324 g/mol. The van der Waals surface area contributed by atoms with Gasteiger partial charge in [-0.1, -0.05) is 0 Å². The van der Waals surface area contributed by atoms with Crippen molar-refractivity contribution in [1.82, 2.24) is 24.9 Å². The first-order valence-electron chi connectivity index (χ1n) is 8.15. The van der Waals surface area contributed by atoms with Crippen LogP contribution in [0.2, 0.25) is 0 Å². The lowest BCUT2D eigenvalue weighted by Crippen LogP contribution is -2.39. The van der Waals surface area contributed by atoms with E-state index >= 15 is 0 Å². The molecule has 9 nitrogen and oxygen atoms in total. The molecule has 1 aliphatic rings. The number of aromatic nitrogens is 5. The molecule has 9 heteroatoms. The number of hydrogen-bond acceptors (Lipinski definition) is 9. The maximum atomic E-state index is 6.04. The normalized spacial score (nSPS) is 15.1. The predicted molar refractivity (Wildman–Crippen MR) is 90.3 cm³/mol.